The number of thiazole rings is 1. The number of nitrogens with one attached hydrogen (secondary N) is 3. The Hall–Kier alpha value is -6.35. The molecule has 6 aromatic rings. The number of β-amino-alcohol motifs (C(OH)–C–C–N with tert-alkyl or cyclic N) is 1. The van der Waals surface area contributed by atoms with Gasteiger partial charge in [-0.3, -0.25) is 28.7 Å². The molecular formula is C58H68ClN9O8S2. The van der Waals surface area contributed by atoms with Crippen LogP contribution in [0.4, 0.5) is 0 Å². The van der Waals surface area contributed by atoms with Gasteiger partial charge in [0.15, 0.2) is 5.82 Å². The Morgan fingerprint density at radius 3 is 2.24 bits per heavy atom. The van der Waals surface area contributed by atoms with Gasteiger partial charge in [-0.15, -0.1) is 32.9 Å². The van der Waals surface area contributed by atoms with Crippen LogP contribution in [0.25, 0.3) is 15.4 Å². The summed E-state index contributed by atoms with van der Waals surface area (Å²) < 4.78 is 19.5. The first kappa shape index (κ1) is 56.4. The summed E-state index contributed by atoms with van der Waals surface area (Å²) in [5.74, 6) is 0.713. The van der Waals surface area contributed by atoms with Crippen LogP contribution in [0.1, 0.15) is 115 Å². The monoisotopic (exact) mass is 1120 g/mol. The molecule has 0 bridgehead atoms. The minimum Gasteiger partial charge on any atom is -0.494 e. The minimum atomic E-state index is -0.960. The maximum absolute atomic E-state index is 14.0. The lowest BCUT2D eigenvalue weighted by atomic mass is 9.85. The average molecular weight is 1120 g/mol. The summed E-state index contributed by atoms with van der Waals surface area (Å²) in [5.41, 5.74) is 8.45. The van der Waals surface area contributed by atoms with Gasteiger partial charge in [0.1, 0.15) is 41.3 Å². The number of aryl methyl sites for hydroxylation is 3. The minimum absolute atomic E-state index is 0.0149. The van der Waals surface area contributed by atoms with Crippen molar-refractivity contribution in [1.29, 1.82) is 0 Å². The number of rotatable bonds is 22. The van der Waals surface area contributed by atoms with Crippen LogP contribution in [0.3, 0.4) is 0 Å². The molecule has 1 saturated carbocycles. The predicted molar refractivity (Wildman–Crippen MR) is 301 cm³/mol. The summed E-state index contributed by atoms with van der Waals surface area (Å²) in [6, 6.07) is 21.0. The van der Waals surface area contributed by atoms with Crippen LogP contribution in [-0.2, 0) is 40.7 Å². The number of thiophene rings is 1. The van der Waals surface area contributed by atoms with Crippen LogP contribution in [0.2, 0.25) is 5.02 Å². The highest BCUT2D eigenvalue weighted by molar-refractivity contribution is 7.15. The molecule has 4 atom stereocenters. The lowest BCUT2D eigenvalue weighted by Gasteiger charge is -2.35. The van der Waals surface area contributed by atoms with Gasteiger partial charge in [-0.25, -0.2) is 4.98 Å². The van der Waals surface area contributed by atoms with E-state index in [-0.39, 0.29) is 51.0 Å². The van der Waals surface area contributed by atoms with Crippen LogP contribution >= 0.6 is 34.3 Å². The van der Waals surface area contributed by atoms with Crippen molar-refractivity contribution in [3.8, 4) is 21.2 Å². The van der Waals surface area contributed by atoms with Gasteiger partial charge in [-0.1, -0.05) is 80.9 Å². The summed E-state index contributed by atoms with van der Waals surface area (Å²) in [6.45, 7) is 15.2. The number of halogens is 1. The van der Waals surface area contributed by atoms with Crippen molar-refractivity contribution in [3.05, 3.63) is 133 Å². The average Bonchev–Trinajstić information content (AvgIpc) is 3.91. The van der Waals surface area contributed by atoms with E-state index in [2.05, 4.69) is 49.5 Å². The highest BCUT2D eigenvalue weighted by Gasteiger charge is 2.47. The number of hydrogen-bond donors (Lipinski definition) is 4. The Balaban J connectivity index is 0.674. The number of aliphatic imine (C=N–C) groups is 1. The maximum Gasteiger partial charge on any atom is 0.246 e. The van der Waals surface area contributed by atoms with Crippen LogP contribution in [-0.4, -0.2) is 117 Å². The van der Waals surface area contributed by atoms with E-state index >= 15 is 0 Å². The van der Waals surface area contributed by atoms with E-state index in [0.29, 0.717) is 43.5 Å². The van der Waals surface area contributed by atoms with Gasteiger partial charge in [-0.05, 0) is 98.9 Å². The lowest BCUT2D eigenvalue weighted by molar-refractivity contribution is -0.144. The van der Waals surface area contributed by atoms with E-state index in [1.54, 1.807) is 22.7 Å². The van der Waals surface area contributed by atoms with Gasteiger partial charge in [0.2, 0.25) is 23.6 Å². The molecule has 1 unspecified atom stereocenters. The van der Waals surface area contributed by atoms with Crippen LogP contribution in [0, 0.1) is 33.1 Å². The van der Waals surface area contributed by atoms with Gasteiger partial charge in [-0.2, -0.15) is 0 Å². The zero-order valence-electron chi connectivity index (χ0n) is 45.2. The van der Waals surface area contributed by atoms with Crippen LogP contribution in [0.5, 0.6) is 5.75 Å². The molecule has 3 aromatic heterocycles. The number of aliphatic hydroxyl groups is 1. The number of likely N-dealkylation sites (tertiary alicyclic amines) is 1. The molecule has 5 heterocycles. The number of fused-ring (bicyclic) bond motifs is 3. The summed E-state index contributed by atoms with van der Waals surface area (Å²) in [7, 11) is 0. The number of aliphatic hydroxyl groups excluding tert-OH is 1. The molecular weight excluding hydrogens is 1050 g/mol. The zero-order valence-corrected chi connectivity index (χ0v) is 47.6. The van der Waals surface area contributed by atoms with Crippen molar-refractivity contribution in [3.63, 3.8) is 0 Å². The molecule has 4 amide bonds. The molecule has 0 radical (unpaired) electrons. The van der Waals surface area contributed by atoms with Gasteiger partial charge >= 0.3 is 0 Å². The fourth-order valence-corrected chi connectivity index (χ4v) is 12.1. The molecule has 3 aromatic carbocycles. The Bertz CT molecular complexity index is 3140. The van der Waals surface area contributed by atoms with Crippen LogP contribution in [0.15, 0.2) is 83.3 Å². The number of carbonyl (C=O) groups is 4. The number of carbonyl (C=O) groups excluding carboxylic acids is 4. The van der Waals surface area contributed by atoms with Gasteiger partial charge < -0.3 is 40.2 Å². The molecule has 20 heteroatoms. The number of aromatic nitrogens is 4. The summed E-state index contributed by atoms with van der Waals surface area (Å²) in [6.07, 6.45) is 2.19. The highest BCUT2D eigenvalue weighted by atomic mass is 35.5. The highest BCUT2D eigenvalue weighted by Crippen LogP contribution is 2.47. The van der Waals surface area contributed by atoms with E-state index in [9.17, 15) is 24.3 Å². The molecule has 3 aliphatic rings. The number of amides is 4. The third-order valence-corrected chi connectivity index (χ3v) is 16.9. The third kappa shape index (κ3) is 13.0. The molecule has 2 fully saturated rings. The number of benzene rings is 3. The smallest absolute Gasteiger partial charge is 0.246 e. The Morgan fingerprint density at radius 2 is 1.56 bits per heavy atom. The van der Waals surface area contributed by atoms with Crippen molar-refractivity contribution >= 4 is 63.6 Å². The Kier molecular flexibility index (Phi) is 17.6. The molecule has 1 aliphatic carbocycles. The molecule has 412 valence electrons. The molecule has 17 nitrogen and oxygen atoms in total. The molecule has 2 aliphatic heterocycles. The standard InChI is InChI=1S/C58H68ClN9O8S2/c1-34-36(3)78-56-49(34)50(39-14-18-42(59)19-15-39)62-45(53-66-65-37(4)68(53)56)29-47(70)64-58(22-23-58)41-16-20-44(21-17-41)76-27-9-25-74-24-8-26-75-32-48(71)63-52(57(5,6)7)55(73)67-31-43(69)28-46(67)54(72)60-30-38-10-12-40(13-11-38)51-35(2)61-33-77-51/h10-21,33,43,45-46,52,69H,8-9,22-32H2,1-7H3,(H,60,72)(H,63,71)(H,64,70)/t43-,45+,46+,52?/m1/s1. The molecule has 9 rings (SSSR count). The van der Waals surface area contributed by atoms with E-state index in [1.807, 2.05) is 113 Å². The van der Waals surface area contributed by atoms with Crippen molar-refractivity contribution < 1.29 is 38.5 Å². The second-order valence-electron chi connectivity index (χ2n) is 21.4. The van der Waals surface area contributed by atoms with Gasteiger partial charge in [0, 0.05) is 66.8 Å². The SMILES string of the molecule is Cc1ncsc1-c1ccc(CNC(=O)[C@@H]2C[C@@H](O)CN2C(=O)C(NC(=O)COCCCOCCCOc2ccc(C3(NC(=O)C[C@@H]4N=C(c5ccc(Cl)cc5)c5c(sc(C)c5C)-n5c(C)nnc54)CC3)cc2)C(C)(C)C)cc1. The molecule has 1 saturated heterocycles. The first-order chi connectivity index (χ1) is 37.4. The fraction of sp³-hybridized carbons (Fsp3) is 0.448. The Labute approximate surface area is 468 Å². The van der Waals surface area contributed by atoms with E-state index < -0.39 is 47.0 Å². The number of hydrogen-bond acceptors (Lipinski definition) is 14. The summed E-state index contributed by atoms with van der Waals surface area (Å²) in [4.78, 5) is 67.8. The predicted octanol–water partition coefficient (Wildman–Crippen LogP) is 8.43. The summed E-state index contributed by atoms with van der Waals surface area (Å²) in [5, 5.41) is 30.3. The van der Waals surface area contributed by atoms with Gasteiger partial charge in [0.05, 0.1) is 46.5 Å². The second kappa shape index (κ2) is 24.3. The lowest BCUT2D eigenvalue weighted by Crippen LogP contribution is -2.58. The number of nitrogens with zero attached hydrogens (tertiary/aromatic N) is 6. The van der Waals surface area contributed by atoms with Crippen molar-refractivity contribution in [1.82, 2.24) is 40.6 Å². The zero-order chi connectivity index (χ0) is 55.3. The molecule has 0 spiro atoms. The normalized spacial score (nSPS) is 17.8. The van der Waals surface area contributed by atoms with E-state index in [1.165, 1.54) is 9.78 Å². The van der Waals surface area contributed by atoms with E-state index in [4.69, 9.17) is 30.8 Å². The number of ether oxygens (including phenoxy) is 3. The first-order valence-electron chi connectivity index (χ1n) is 26.5. The van der Waals surface area contributed by atoms with E-state index in [0.717, 1.165) is 79.1 Å². The Morgan fingerprint density at radius 1 is 0.872 bits per heavy atom. The fourth-order valence-electron chi connectivity index (χ4n) is 9.97. The van der Waals surface area contributed by atoms with Crippen molar-refractivity contribution in [2.24, 2.45) is 10.4 Å². The molecule has 4 N–H and O–H groups in total. The van der Waals surface area contributed by atoms with Crippen molar-refractivity contribution in [2.75, 3.05) is 39.6 Å². The second-order valence-corrected chi connectivity index (χ2v) is 23.9. The van der Waals surface area contributed by atoms with Crippen molar-refractivity contribution in [2.45, 2.75) is 123 Å². The third-order valence-electron chi connectivity index (χ3n) is 14.5. The van der Waals surface area contributed by atoms with Crippen LogP contribution < -0.4 is 20.7 Å². The largest absolute Gasteiger partial charge is 0.494 e. The van der Waals surface area contributed by atoms with Gasteiger partial charge in [0.25, 0.3) is 0 Å². The first-order valence-corrected chi connectivity index (χ1v) is 28.6. The quantitative estimate of drug-likeness (QED) is 0.0474. The maximum atomic E-state index is 14.0. The topological polar surface area (TPSA) is 211 Å². The molecule has 78 heavy (non-hydrogen) atoms. The summed E-state index contributed by atoms with van der Waals surface area (Å²) >= 11 is 9.54.